The van der Waals surface area contributed by atoms with Crippen molar-refractivity contribution in [3.63, 3.8) is 0 Å². The molecular weight excluding hydrogens is 232 g/mol. The number of aromatic nitrogens is 1. The first kappa shape index (κ1) is 12.7. The van der Waals surface area contributed by atoms with Crippen molar-refractivity contribution in [3.8, 4) is 5.75 Å². The molecule has 1 aliphatic carbocycles. The van der Waals surface area contributed by atoms with E-state index in [2.05, 4.69) is 4.98 Å². The van der Waals surface area contributed by atoms with E-state index in [1.165, 1.54) is 7.11 Å². The summed E-state index contributed by atoms with van der Waals surface area (Å²) in [5.41, 5.74) is 6.34. The molecule has 0 aliphatic heterocycles. The average Bonchev–Trinajstić information content (AvgIpc) is 2.41. The SMILES string of the molecule is COC(=[OH+])C1CCC(Oc2ccncc2N)CC1. The van der Waals surface area contributed by atoms with Crippen molar-refractivity contribution in [2.45, 2.75) is 31.8 Å². The first-order valence-electron chi connectivity index (χ1n) is 6.16. The van der Waals surface area contributed by atoms with Gasteiger partial charge in [0.1, 0.15) is 11.7 Å². The number of nitrogens with zero attached hydrogens (tertiary/aromatic N) is 1. The van der Waals surface area contributed by atoms with E-state index in [9.17, 15) is 4.79 Å². The number of nitrogen functional groups attached to an aromatic ring is 1. The molecule has 0 atom stereocenters. The Morgan fingerprint density at radius 2 is 2.11 bits per heavy atom. The van der Waals surface area contributed by atoms with E-state index in [0.29, 0.717) is 11.4 Å². The van der Waals surface area contributed by atoms with E-state index in [1.807, 2.05) is 0 Å². The Morgan fingerprint density at radius 3 is 2.72 bits per heavy atom. The number of hydrogen-bond acceptors (Lipinski definition) is 4. The van der Waals surface area contributed by atoms with Gasteiger partial charge in [-0.05, 0) is 25.7 Å². The Labute approximate surface area is 106 Å². The fourth-order valence-electron chi connectivity index (χ4n) is 2.28. The molecule has 5 heteroatoms. The van der Waals surface area contributed by atoms with Gasteiger partial charge in [-0.2, -0.15) is 0 Å². The van der Waals surface area contributed by atoms with Crippen LogP contribution >= 0.6 is 0 Å². The van der Waals surface area contributed by atoms with E-state index in [4.69, 9.17) is 15.2 Å². The number of pyridine rings is 1. The van der Waals surface area contributed by atoms with Crippen LogP contribution in [0.2, 0.25) is 0 Å². The lowest BCUT2D eigenvalue weighted by atomic mass is 9.87. The van der Waals surface area contributed by atoms with Crippen molar-refractivity contribution >= 4 is 11.7 Å². The molecule has 1 heterocycles. The molecular formula is C13H19N2O3+. The predicted molar refractivity (Wildman–Crippen MR) is 69.0 cm³/mol. The molecule has 0 radical (unpaired) electrons. The number of nitrogens with two attached hydrogens (primary N) is 1. The number of ether oxygens (including phenoxy) is 2. The highest BCUT2D eigenvalue weighted by molar-refractivity contribution is 5.73. The van der Waals surface area contributed by atoms with Gasteiger partial charge in [-0.3, -0.25) is 4.98 Å². The molecule has 1 aromatic rings. The number of rotatable bonds is 3. The fraction of sp³-hybridized carbons (Fsp3) is 0.538. The molecule has 0 amide bonds. The van der Waals surface area contributed by atoms with E-state index in [-0.39, 0.29) is 18.0 Å². The average molecular weight is 251 g/mol. The van der Waals surface area contributed by atoms with Gasteiger partial charge in [0.15, 0.2) is 7.11 Å². The topological polar surface area (TPSA) is 78.8 Å². The first-order chi connectivity index (χ1) is 8.70. The highest BCUT2D eigenvalue weighted by Crippen LogP contribution is 2.29. The Kier molecular flexibility index (Phi) is 4.02. The molecule has 3 N–H and O–H groups in total. The largest absolute Gasteiger partial charge is 0.488 e. The first-order valence-corrected chi connectivity index (χ1v) is 6.16. The molecule has 1 aliphatic rings. The molecule has 1 saturated carbocycles. The van der Waals surface area contributed by atoms with Crippen LogP contribution in [0.15, 0.2) is 18.5 Å². The Hall–Kier alpha value is -1.78. The zero-order valence-corrected chi connectivity index (χ0v) is 10.5. The zero-order valence-electron chi connectivity index (χ0n) is 10.5. The fourth-order valence-corrected chi connectivity index (χ4v) is 2.28. The van der Waals surface area contributed by atoms with Gasteiger partial charge in [-0.25, -0.2) is 0 Å². The highest BCUT2D eigenvalue weighted by atomic mass is 16.5. The molecule has 1 fully saturated rings. The third-order valence-electron chi connectivity index (χ3n) is 3.34. The summed E-state index contributed by atoms with van der Waals surface area (Å²) >= 11 is 0. The van der Waals surface area contributed by atoms with Crippen LogP contribution < -0.4 is 10.5 Å². The van der Waals surface area contributed by atoms with Crippen LogP contribution in [-0.4, -0.2) is 29.0 Å². The molecule has 1 aromatic heterocycles. The second kappa shape index (κ2) is 5.71. The van der Waals surface area contributed by atoms with Gasteiger partial charge in [-0.1, -0.05) is 0 Å². The lowest BCUT2D eigenvalue weighted by molar-refractivity contribution is 0.136. The lowest BCUT2D eigenvalue weighted by Crippen LogP contribution is -2.28. The molecule has 2 rings (SSSR count). The van der Waals surface area contributed by atoms with Crippen molar-refractivity contribution in [1.82, 2.24) is 4.98 Å². The molecule has 18 heavy (non-hydrogen) atoms. The Morgan fingerprint density at radius 1 is 1.39 bits per heavy atom. The van der Waals surface area contributed by atoms with Gasteiger partial charge < -0.3 is 20.0 Å². The maximum atomic E-state index is 9.53. The van der Waals surface area contributed by atoms with Crippen LogP contribution in [0.3, 0.4) is 0 Å². The minimum absolute atomic E-state index is 0.129. The summed E-state index contributed by atoms with van der Waals surface area (Å²) < 4.78 is 10.7. The van der Waals surface area contributed by atoms with Crippen molar-refractivity contribution in [3.05, 3.63) is 18.5 Å². The third kappa shape index (κ3) is 2.91. The minimum Gasteiger partial charge on any atom is -0.488 e. The van der Waals surface area contributed by atoms with Gasteiger partial charge >= 0.3 is 5.97 Å². The minimum atomic E-state index is 0.129. The van der Waals surface area contributed by atoms with Gasteiger partial charge in [-0.15, -0.1) is 0 Å². The van der Waals surface area contributed by atoms with Crippen molar-refractivity contribution < 1.29 is 14.3 Å². The zero-order chi connectivity index (χ0) is 13.0. The Bertz CT molecular complexity index is 414. The highest BCUT2D eigenvalue weighted by Gasteiger charge is 2.32. The van der Waals surface area contributed by atoms with E-state index >= 15 is 0 Å². The lowest BCUT2D eigenvalue weighted by Gasteiger charge is -2.26. The number of carbonyl (C=O) groups excluding carboxylic acids is 1. The predicted octanol–water partition coefficient (Wildman–Crippen LogP) is 1.75. The summed E-state index contributed by atoms with van der Waals surface area (Å²) in [7, 11) is 1.50. The quantitative estimate of drug-likeness (QED) is 0.655. The molecule has 0 aromatic carbocycles. The second-order valence-electron chi connectivity index (χ2n) is 4.55. The van der Waals surface area contributed by atoms with Crippen LogP contribution in [-0.2, 0) is 4.74 Å². The van der Waals surface area contributed by atoms with E-state index in [0.717, 1.165) is 25.7 Å². The van der Waals surface area contributed by atoms with Gasteiger partial charge in [0, 0.05) is 12.3 Å². The van der Waals surface area contributed by atoms with Gasteiger partial charge in [0.05, 0.1) is 18.0 Å². The summed E-state index contributed by atoms with van der Waals surface area (Å²) in [6, 6.07) is 1.78. The number of hydrogen-bond donors (Lipinski definition) is 1. The second-order valence-corrected chi connectivity index (χ2v) is 4.55. The third-order valence-corrected chi connectivity index (χ3v) is 3.34. The molecule has 0 saturated heterocycles. The number of methoxy groups -OCH3 is 1. The van der Waals surface area contributed by atoms with E-state index < -0.39 is 0 Å². The monoisotopic (exact) mass is 251 g/mol. The normalized spacial score (nSPS) is 23.4. The van der Waals surface area contributed by atoms with Crippen molar-refractivity contribution in [1.29, 1.82) is 0 Å². The molecule has 98 valence electrons. The summed E-state index contributed by atoms with van der Waals surface area (Å²) in [5, 5.41) is 0. The van der Waals surface area contributed by atoms with Gasteiger partial charge in [0.25, 0.3) is 0 Å². The Balaban J connectivity index is 1.87. The van der Waals surface area contributed by atoms with Crippen molar-refractivity contribution in [2.75, 3.05) is 12.8 Å². The van der Waals surface area contributed by atoms with Gasteiger partial charge in [0.2, 0.25) is 0 Å². The maximum absolute atomic E-state index is 9.53. The van der Waals surface area contributed by atoms with Crippen LogP contribution in [0.25, 0.3) is 0 Å². The molecule has 0 unspecified atom stereocenters. The molecule has 0 bridgehead atoms. The summed E-state index contributed by atoms with van der Waals surface area (Å²) in [4.78, 5) is 13.5. The number of anilines is 1. The van der Waals surface area contributed by atoms with Crippen LogP contribution in [0.4, 0.5) is 5.69 Å². The standard InChI is InChI=1S/C13H18N2O3/c1-17-13(16)9-2-4-10(5-3-9)18-12-6-7-15-8-11(12)14/h6-10H,2-5,14H2,1H3/p+1. The van der Waals surface area contributed by atoms with E-state index in [1.54, 1.807) is 18.5 Å². The summed E-state index contributed by atoms with van der Waals surface area (Å²) in [5.74, 6) is 0.954. The van der Waals surface area contributed by atoms with Crippen LogP contribution in [0, 0.1) is 5.92 Å². The molecule has 5 nitrogen and oxygen atoms in total. The van der Waals surface area contributed by atoms with Crippen LogP contribution in [0.5, 0.6) is 5.75 Å². The van der Waals surface area contributed by atoms with Crippen molar-refractivity contribution in [2.24, 2.45) is 5.92 Å². The summed E-state index contributed by atoms with van der Waals surface area (Å²) in [6.45, 7) is 0. The van der Waals surface area contributed by atoms with Crippen LogP contribution in [0.1, 0.15) is 25.7 Å². The number of esters is 1. The summed E-state index contributed by atoms with van der Waals surface area (Å²) in [6.07, 6.45) is 6.92. The molecule has 0 spiro atoms. The smallest absolute Gasteiger partial charge is 0.485 e. The maximum Gasteiger partial charge on any atom is 0.485 e.